The second-order valence-corrected chi connectivity index (χ2v) is 7.69. The van der Waals surface area contributed by atoms with Crippen molar-refractivity contribution in [1.82, 2.24) is 10.2 Å². The van der Waals surface area contributed by atoms with Crippen LogP contribution in [0, 0.1) is 0 Å². The van der Waals surface area contributed by atoms with Crippen LogP contribution >= 0.6 is 11.8 Å². The van der Waals surface area contributed by atoms with Gasteiger partial charge in [-0.15, -0.1) is 11.8 Å². The van der Waals surface area contributed by atoms with E-state index in [0.717, 1.165) is 0 Å². The molecular formula is C15H16N2O4S. The Hall–Kier alpha value is -2.02. The average Bonchev–Trinajstić information content (AvgIpc) is 2.74. The molecule has 3 atom stereocenters. The van der Waals surface area contributed by atoms with Gasteiger partial charge in [-0.2, -0.15) is 0 Å². The number of rotatable bonds is 3. The molecule has 0 bridgehead atoms. The lowest BCUT2D eigenvalue weighted by Gasteiger charge is -2.43. The Labute approximate surface area is 131 Å². The molecule has 2 amide bonds. The first-order chi connectivity index (χ1) is 10.3. The number of amides is 2. The number of β-lactam (4-membered cyclic amide) rings is 1. The molecule has 3 rings (SSSR count). The van der Waals surface area contributed by atoms with Crippen molar-refractivity contribution in [2.75, 3.05) is 0 Å². The van der Waals surface area contributed by atoms with Gasteiger partial charge in [-0.25, -0.2) is 4.79 Å². The number of hydrogen-bond acceptors (Lipinski definition) is 4. The monoisotopic (exact) mass is 320 g/mol. The highest BCUT2D eigenvalue weighted by Crippen LogP contribution is 2.50. The molecular weight excluding hydrogens is 304 g/mol. The Bertz CT molecular complexity index is 646. The highest BCUT2D eigenvalue weighted by Gasteiger charge is 2.64. The smallest absolute Gasteiger partial charge is 0.327 e. The van der Waals surface area contributed by atoms with Gasteiger partial charge in [0.1, 0.15) is 17.5 Å². The summed E-state index contributed by atoms with van der Waals surface area (Å²) >= 11 is 1.41. The number of aliphatic carboxylic acids is 1. The van der Waals surface area contributed by atoms with Crippen LogP contribution in [0.2, 0.25) is 0 Å². The van der Waals surface area contributed by atoms with Crippen molar-refractivity contribution >= 4 is 29.5 Å². The number of hydrogen-bond donors (Lipinski definition) is 2. The fourth-order valence-electron chi connectivity index (χ4n) is 2.96. The summed E-state index contributed by atoms with van der Waals surface area (Å²) < 4.78 is -0.585. The molecule has 6 nitrogen and oxygen atoms in total. The van der Waals surface area contributed by atoms with E-state index in [1.807, 2.05) is 0 Å². The number of carboxylic acid groups (broad SMARTS) is 1. The van der Waals surface area contributed by atoms with E-state index in [9.17, 15) is 19.5 Å². The molecule has 0 spiro atoms. The normalized spacial score (nSPS) is 28.7. The van der Waals surface area contributed by atoms with E-state index >= 15 is 0 Å². The molecule has 0 saturated carbocycles. The van der Waals surface area contributed by atoms with Crippen LogP contribution in [0.3, 0.4) is 0 Å². The molecule has 2 heterocycles. The maximum absolute atomic E-state index is 12.2. The van der Waals surface area contributed by atoms with Crippen LogP contribution in [-0.2, 0) is 9.59 Å². The fourth-order valence-corrected chi connectivity index (χ4v) is 4.58. The summed E-state index contributed by atoms with van der Waals surface area (Å²) in [5.41, 5.74) is 0.478. The molecule has 2 unspecified atom stereocenters. The molecule has 22 heavy (non-hydrogen) atoms. The van der Waals surface area contributed by atoms with Crippen LogP contribution in [0.5, 0.6) is 0 Å². The van der Waals surface area contributed by atoms with Crippen molar-refractivity contribution in [3.63, 3.8) is 0 Å². The molecule has 2 aliphatic heterocycles. The van der Waals surface area contributed by atoms with E-state index in [0.29, 0.717) is 5.56 Å². The van der Waals surface area contributed by atoms with Crippen LogP contribution in [0.4, 0.5) is 0 Å². The number of benzene rings is 1. The van der Waals surface area contributed by atoms with Crippen LogP contribution in [0.1, 0.15) is 24.2 Å². The fraction of sp³-hybridized carbons (Fsp3) is 0.400. The van der Waals surface area contributed by atoms with Crippen LogP contribution in [-0.4, -0.2) is 50.0 Å². The van der Waals surface area contributed by atoms with Crippen molar-refractivity contribution in [3.8, 4) is 0 Å². The summed E-state index contributed by atoms with van der Waals surface area (Å²) in [5.74, 6) is -1.67. The number of carbonyl (C=O) groups is 3. The second kappa shape index (κ2) is 5.01. The molecule has 2 saturated heterocycles. The van der Waals surface area contributed by atoms with Gasteiger partial charge in [0.25, 0.3) is 5.91 Å². The Morgan fingerprint density at radius 3 is 2.50 bits per heavy atom. The van der Waals surface area contributed by atoms with Crippen molar-refractivity contribution in [2.24, 2.45) is 0 Å². The number of thioether (sulfide) groups is 1. The SMILES string of the molecule is CC1(C)SC2[C@H](NC(=O)c3ccccc3)C(=O)N2C1C(=O)O. The van der Waals surface area contributed by atoms with Gasteiger partial charge in [-0.1, -0.05) is 18.2 Å². The predicted octanol–water partition coefficient (Wildman–Crippen LogP) is 0.932. The second-order valence-electron chi connectivity index (χ2n) is 5.92. The lowest BCUT2D eigenvalue weighted by atomic mass is 9.96. The van der Waals surface area contributed by atoms with E-state index in [1.54, 1.807) is 44.2 Å². The molecule has 1 aromatic carbocycles. The van der Waals surface area contributed by atoms with Gasteiger partial charge < -0.3 is 15.3 Å². The molecule has 1 aromatic rings. The third kappa shape index (κ3) is 2.16. The van der Waals surface area contributed by atoms with Gasteiger partial charge >= 0.3 is 5.97 Å². The lowest BCUT2D eigenvalue weighted by molar-refractivity contribution is -0.159. The van der Waals surface area contributed by atoms with E-state index < -0.39 is 22.8 Å². The third-order valence-electron chi connectivity index (χ3n) is 4.00. The zero-order valence-corrected chi connectivity index (χ0v) is 13.0. The molecule has 2 N–H and O–H groups in total. The van der Waals surface area contributed by atoms with Crippen molar-refractivity contribution in [3.05, 3.63) is 35.9 Å². The lowest BCUT2D eigenvalue weighted by Crippen LogP contribution is -2.70. The van der Waals surface area contributed by atoms with Crippen molar-refractivity contribution in [1.29, 1.82) is 0 Å². The molecule has 7 heteroatoms. The zero-order valence-electron chi connectivity index (χ0n) is 12.1. The minimum atomic E-state index is -1.01. The minimum Gasteiger partial charge on any atom is -0.480 e. The number of carbonyl (C=O) groups excluding carboxylic acids is 2. The number of fused-ring (bicyclic) bond motifs is 1. The van der Waals surface area contributed by atoms with Gasteiger partial charge in [0, 0.05) is 10.3 Å². The highest BCUT2D eigenvalue weighted by molar-refractivity contribution is 8.01. The van der Waals surface area contributed by atoms with Crippen LogP contribution < -0.4 is 5.32 Å². The van der Waals surface area contributed by atoms with E-state index in [4.69, 9.17) is 0 Å². The summed E-state index contributed by atoms with van der Waals surface area (Å²) in [6.45, 7) is 3.61. The summed E-state index contributed by atoms with van der Waals surface area (Å²) in [5, 5.41) is 11.7. The third-order valence-corrected chi connectivity index (χ3v) is 5.57. The number of nitrogens with one attached hydrogen (secondary N) is 1. The maximum Gasteiger partial charge on any atom is 0.327 e. The van der Waals surface area contributed by atoms with Gasteiger partial charge in [0.05, 0.1) is 0 Å². The molecule has 0 radical (unpaired) electrons. The first-order valence-electron chi connectivity index (χ1n) is 6.91. The zero-order chi connectivity index (χ0) is 16.1. The predicted molar refractivity (Wildman–Crippen MR) is 81.4 cm³/mol. The molecule has 2 fully saturated rings. The number of carboxylic acids is 1. The Morgan fingerprint density at radius 2 is 1.91 bits per heavy atom. The highest BCUT2D eigenvalue weighted by atomic mass is 32.2. The molecule has 0 aliphatic carbocycles. The summed E-state index contributed by atoms with van der Waals surface area (Å²) in [7, 11) is 0. The summed E-state index contributed by atoms with van der Waals surface area (Å²) in [6.07, 6.45) is 0. The Balaban J connectivity index is 1.76. The topological polar surface area (TPSA) is 86.7 Å². The van der Waals surface area contributed by atoms with Gasteiger partial charge in [-0.3, -0.25) is 9.59 Å². The summed E-state index contributed by atoms with van der Waals surface area (Å²) in [6, 6.07) is 7.11. The van der Waals surface area contributed by atoms with E-state index in [-0.39, 0.29) is 17.2 Å². The average molecular weight is 320 g/mol. The first-order valence-corrected chi connectivity index (χ1v) is 7.79. The Kier molecular flexibility index (Phi) is 3.40. The minimum absolute atomic E-state index is 0.323. The first kappa shape index (κ1) is 14.9. The van der Waals surface area contributed by atoms with Crippen LogP contribution in [0.15, 0.2) is 30.3 Å². The van der Waals surface area contributed by atoms with Gasteiger partial charge in [0.2, 0.25) is 5.91 Å². The van der Waals surface area contributed by atoms with Gasteiger partial charge in [-0.05, 0) is 26.0 Å². The van der Waals surface area contributed by atoms with Gasteiger partial charge in [0.15, 0.2) is 0 Å². The van der Waals surface area contributed by atoms with Crippen molar-refractivity contribution < 1.29 is 19.5 Å². The standard InChI is InChI=1S/C15H16N2O4S/c1-15(2)10(14(20)21)17-12(19)9(13(17)22-15)16-11(18)8-6-4-3-5-7-8/h3-7,9-10,13H,1-2H3,(H,16,18)(H,20,21)/t9-,10?,13?/m1/s1. The Morgan fingerprint density at radius 1 is 1.27 bits per heavy atom. The quantitative estimate of drug-likeness (QED) is 0.809. The van der Waals surface area contributed by atoms with Crippen LogP contribution in [0.25, 0.3) is 0 Å². The summed E-state index contributed by atoms with van der Waals surface area (Å²) in [4.78, 5) is 37.2. The molecule has 2 aliphatic rings. The molecule has 0 aromatic heterocycles. The molecule has 116 valence electrons. The number of nitrogens with zero attached hydrogens (tertiary/aromatic N) is 1. The van der Waals surface area contributed by atoms with Crippen molar-refractivity contribution in [2.45, 2.75) is 36.1 Å². The largest absolute Gasteiger partial charge is 0.480 e. The van der Waals surface area contributed by atoms with E-state index in [1.165, 1.54) is 16.7 Å². The van der Waals surface area contributed by atoms with E-state index in [2.05, 4.69) is 5.32 Å². The maximum atomic E-state index is 12.2.